The molecule has 0 aromatic heterocycles. The van der Waals surface area contributed by atoms with Gasteiger partial charge in [0.1, 0.15) is 0 Å². The number of benzene rings is 1. The summed E-state index contributed by atoms with van der Waals surface area (Å²) in [5.41, 5.74) is 1.01. The summed E-state index contributed by atoms with van der Waals surface area (Å²) in [5.74, 6) is 5.16. The van der Waals surface area contributed by atoms with Crippen molar-refractivity contribution in [2.45, 2.75) is 13.1 Å². The van der Waals surface area contributed by atoms with Crippen LogP contribution >= 0.6 is 11.6 Å². The number of alkyl halides is 3. The minimum Gasteiger partial charge on any atom is -0.323 e. The number of anilines is 1. The number of nitrogens with one attached hydrogen (secondary N) is 2. The zero-order valence-corrected chi connectivity index (χ0v) is 10.2. The lowest BCUT2D eigenvalue weighted by Gasteiger charge is -2.16. The van der Waals surface area contributed by atoms with Crippen molar-refractivity contribution in [2.75, 3.05) is 11.9 Å². The van der Waals surface area contributed by atoms with E-state index >= 15 is 0 Å². The first kappa shape index (κ1) is 14.6. The minimum atomic E-state index is -4.51. The van der Waals surface area contributed by atoms with E-state index in [4.69, 9.17) is 17.4 Å². The van der Waals surface area contributed by atoms with Crippen LogP contribution in [0, 0.1) is 0 Å². The number of aliphatic imine (C=N–C) groups is 1. The topological polar surface area (TPSA) is 62.4 Å². The highest BCUT2D eigenvalue weighted by Crippen LogP contribution is 2.38. The van der Waals surface area contributed by atoms with E-state index in [9.17, 15) is 13.2 Å². The third kappa shape index (κ3) is 3.51. The largest absolute Gasteiger partial charge is 0.418 e. The van der Waals surface area contributed by atoms with Crippen LogP contribution in [-0.4, -0.2) is 12.5 Å². The molecule has 0 aliphatic rings. The Balaban J connectivity index is 3.19. The van der Waals surface area contributed by atoms with Crippen molar-refractivity contribution in [1.82, 2.24) is 5.43 Å². The Bertz CT molecular complexity index is 445. The molecule has 1 aromatic rings. The first-order valence-corrected chi connectivity index (χ1v) is 5.41. The first-order chi connectivity index (χ1) is 8.40. The summed E-state index contributed by atoms with van der Waals surface area (Å²) >= 11 is 5.75. The molecule has 0 fully saturated rings. The van der Waals surface area contributed by atoms with Gasteiger partial charge in [-0.1, -0.05) is 17.7 Å². The molecule has 0 heterocycles. The fourth-order valence-corrected chi connectivity index (χ4v) is 1.51. The molecule has 0 unspecified atom stereocenters. The lowest BCUT2D eigenvalue weighted by molar-refractivity contribution is -0.136. The zero-order chi connectivity index (χ0) is 13.8. The Morgan fingerprint density at radius 2 is 2.11 bits per heavy atom. The standard InChI is InChI=1S/C10H12ClF3N4/c1-2-16-9(18-15)17-8-6(10(12,13)14)4-3-5-7(8)11/h3-5H,2,15H2,1H3,(H2,16,17,18). The molecule has 0 saturated carbocycles. The molecule has 0 radical (unpaired) electrons. The lowest BCUT2D eigenvalue weighted by Crippen LogP contribution is -2.37. The molecule has 1 rings (SSSR count). The second-order valence-corrected chi connectivity index (χ2v) is 3.66. The van der Waals surface area contributed by atoms with Crippen molar-refractivity contribution in [3.8, 4) is 0 Å². The highest BCUT2D eigenvalue weighted by atomic mass is 35.5. The van der Waals surface area contributed by atoms with Gasteiger partial charge in [0, 0.05) is 6.54 Å². The Hall–Kier alpha value is -1.47. The number of guanidine groups is 1. The van der Waals surface area contributed by atoms with Crippen molar-refractivity contribution in [3.05, 3.63) is 28.8 Å². The maximum atomic E-state index is 12.8. The highest BCUT2D eigenvalue weighted by molar-refractivity contribution is 6.34. The average Bonchev–Trinajstić information content (AvgIpc) is 2.29. The number of hydrogen-bond donors (Lipinski definition) is 3. The van der Waals surface area contributed by atoms with Crippen LogP contribution in [0.25, 0.3) is 0 Å². The summed E-state index contributed by atoms with van der Waals surface area (Å²) in [6.07, 6.45) is -4.51. The number of nitrogens with zero attached hydrogens (tertiary/aromatic N) is 1. The molecule has 0 amide bonds. The second-order valence-electron chi connectivity index (χ2n) is 3.25. The third-order valence-corrected chi connectivity index (χ3v) is 2.33. The SMILES string of the molecule is CCN=C(NN)Nc1c(Cl)cccc1C(F)(F)F. The number of para-hydroxylation sites is 1. The molecule has 4 N–H and O–H groups in total. The molecule has 0 spiro atoms. The van der Waals surface area contributed by atoms with E-state index < -0.39 is 11.7 Å². The third-order valence-electron chi connectivity index (χ3n) is 2.02. The van der Waals surface area contributed by atoms with Crippen LogP contribution in [0.1, 0.15) is 12.5 Å². The molecule has 0 aliphatic heterocycles. The van der Waals surface area contributed by atoms with Crippen LogP contribution in [0.2, 0.25) is 5.02 Å². The van der Waals surface area contributed by atoms with Crippen LogP contribution in [0.4, 0.5) is 18.9 Å². The van der Waals surface area contributed by atoms with Gasteiger partial charge in [-0.05, 0) is 19.1 Å². The molecule has 0 atom stereocenters. The fraction of sp³-hybridized carbons (Fsp3) is 0.300. The van der Waals surface area contributed by atoms with Crippen LogP contribution < -0.4 is 16.6 Å². The van der Waals surface area contributed by atoms with Gasteiger partial charge in [-0.25, -0.2) is 5.84 Å². The predicted molar refractivity (Wildman–Crippen MR) is 65.4 cm³/mol. The van der Waals surface area contributed by atoms with Gasteiger partial charge in [-0.2, -0.15) is 13.2 Å². The van der Waals surface area contributed by atoms with E-state index in [1.165, 1.54) is 12.1 Å². The van der Waals surface area contributed by atoms with Crippen LogP contribution in [0.15, 0.2) is 23.2 Å². The van der Waals surface area contributed by atoms with Gasteiger partial charge in [0.25, 0.3) is 0 Å². The van der Waals surface area contributed by atoms with Gasteiger partial charge in [0.2, 0.25) is 5.96 Å². The van der Waals surface area contributed by atoms with E-state index in [2.05, 4.69) is 15.7 Å². The summed E-state index contributed by atoms with van der Waals surface area (Å²) < 4.78 is 38.3. The molecule has 4 nitrogen and oxygen atoms in total. The number of nitrogens with two attached hydrogens (primary N) is 1. The Kier molecular flexibility index (Phi) is 4.80. The van der Waals surface area contributed by atoms with Gasteiger partial charge in [0.05, 0.1) is 16.3 Å². The van der Waals surface area contributed by atoms with Gasteiger partial charge in [-0.15, -0.1) is 0 Å². The number of rotatable bonds is 2. The summed E-state index contributed by atoms with van der Waals surface area (Å²) in [5, 5.41) is 2.37. The normalized spacial score (nSPS) is 12.4. The van der Waals surface area contributed by atoms with Crippen molar-refractivity contribution >= 4 is 23.2 Å². The van der Waals surface area contributed by atoms with Gasteiger partial charge in [0.15, 0.2) is 0 Å². The van der Waals surface area contributed by atoms with Crippen molar-refractivity contribution in [3.63, 3.8) is 0 Å². The summed E-state index contributed by atoms with van der Waals surface area (Å²) in [4.78, 5) is 3.85. The minimum absolute atomic E-state index is 0.0103. The quantitative estimate of drug-likeness (QED) is 0.338. The van der Waals surface area contributed by atoms with Gasteiger partial charge in [-0.3, -0.25) is 10.4 Å². The van der Waals surface area contributed by atoms with Gasteiger partial charge < -0.3 is 5.32 Å². The molecule has 100 valence electrons. The highest BCUT2D eigenvalue weighted by Gasteiger charge is 2.34. The van der Waals surface area contributed by atoms with Crippen molar-refractivity contribution < 1.29 is 13.2 Å². The average molecular weight is 281 g/mol. The number of halogens is 4. The Morgan fingerprint density at radius 3 is 2.61 bits per heavy atom. The molecule has 0 bridgehead atoms. The van der Waals surface area contributed by atoms with E-state index in [1.54, 1.807) is 6.92 Å². The fourth-order valence-electron chi connectivity index (χ4n) is 1.29. The molecular formula is C10H12ClF3N4. The molecule has 0 saturated heterocycles. The van der Waals surface area contributed by atoms with E-state index in [0.29, 0.717) is 6.54 Å². The number of hydrazine groups is 1. The molecule has 8 heteroatoms. The smallest absolute Gasteiger partial charge is 0.323 e. The summed E-state index contributed by atoms with van der Waals surface area (Å²) in [6, 6.07) is 3.50. The zero-order valence-electron chi connectivity index (χ0n) is 9.48. The van der Waals surface area contributed by atoms with Gasteiger partial charge >= 0.3 is 6.18 Å². The van der Waals surface area contributed by atoms with Crippen molar-refractivity contribution in [1.29, 1.82) is 0 Å². The maximum absolute atomic E-state index is 12.8. The first-order valence-electron chi connectivity index (χ1n) is 5.04. The van der Waals surface area contributed by atoms with Crippen molar-refractivity contribution in [2.24, 2.45) is 10.8 Å². The van der Waals surface area contributed by atoms with Crippen LogP contribution in [-0.2, 0) is 6.18 Å². The maximum Gasteiger partial charge on any atom is 0.418 e. The predicted octanol–water partition coefficient (Wildman–Crippen LogP) is 2.61. The van der Waals surface area contributed by atoms with E-state index in [-0.39, 0.29) is 16.7 Å². The summed E-state index contributed by atoms with van der Waals surface area (Å²) in [6.45, 7) is 2.08. The molecule has 18 heavy (non-hydrogen) atoms. The monoisotopic (exact) mass is 280 g/mol. The molecule has 1 aromatic carbocycles. The Labute approximate surface area is 107 Å². The van der Waals surface area contributed by atoms with E-state index in [1.807, 2.05) is 0 Å². The number of hydrogen-bond acceptors (Lipinski definition) is 2. The second kappa shape index (κ2) is 5.92. The molecular weight excluding hydrogens is 269 g/mol. The Morgan fingerprint density at radius 1 is 1.44 bits per heavy atom. The lowest BCUT2D eigenvalue weighted by atomic mass is 10.1. The van der Waals surface area contributed by atoms with Crippen LogP contribution in [0.3, 0.4) is 0 Å². The van der Waals surface area contributed by atoms with E-state index in [0.717, 1.165) is 6.07 Å². The van der Waals surface area contributed by atoms with Crippen LogP contribution in [0.5, 0.6) is 0 Å². The molecule has 0 aliphatic carbocycles. The summed E-state index contributed by atoms with van der Waals surface area (Å²) in [7, 11) is 0.